The summed E-state index contributed by atoms with van der Waals surface area (Å²) in [5.74, 6) is 1.76. The molecule has 86 valence electrons. The third-order valence-electron chi connectivity index (χ3n) is 5.07. The lowest BCUT2D eigenvalue weighted by Gasteiger charge is -2.32. The lowest BCUT2D eigenvalue weighted by Crippen LogP contribution is -2.31. The number of hydrogen-bond donors (Lipinski definition) is 1. The lowest BCUT2D eigenvalue weighted by atomic mass is 9.59. The number of thiol groups is 1. The molecule has 5 unspecified atom stereocenters. The summed E-state index contributed by atoms with van der Waals surface area (Å²) in [7, 11) is 4.71. The normalized spacial score (nSPS) is 52.5. The van der Waals surface area contributed by atoms with Crippen LogP contribution in [0.3, 0.4) is 0 Å². The minimum Gasteiger partial charge on any atom is -0.291 e. The first-order valence-electron chi connectivity index (χ1n) is 6.32. The van der Waals surface area contributed by atoms with E-state index in [1.807, 2.05) is 0 Å². The second-order valence-corrected chi connectivity index (χ2v) is 6.98. The number of likely N-dealkylation sites (tertiary alicyclic amines) is 1. The zero-order chi connectivity index (χ0) is 11.2. The monoisotopic (exact) mass is 225 g/mol. The van der Waals surface area contributed by atoms with Gasteiger partial charge in [-0.2, -0.15) is 12.6 Å². The Morgan fingerprint density at radius 1 is 1.40 bits per heavy atom. The molecule has 0 amide bonds. The average Bonchev–Trinajstić information content (AvgIpc) is 2.32. The Labute approximate surface area is 101 Å². The molecule has 0 aromatic heterocycles. The zero-order valence-corrected chi connectivity index (χ0v) is 11.4. The maximum atomic E-state index is 4.68. The second kappa shape index (κ2) is 3.99. The van der Waals surface area contributed by atoms with Crippen molar-refractivity contribution in [3.63, 3.8) is 0 Å². The van der Waals surface area contributed by atoms with Gasteiger partial charge in [-0.25, -0.2) is 0 Å². The van der Waals surface area contributed by atoms with Gasteiger partial charge in [0, 0.05) is 6.04 Å². The predicted molar refractivity (Wildman–Crippen MR) is 72.4 cm³/mol. The van der Waals surface area contributed by atoms with E-state index in [1.165, 1.54) is 25.7 Å². The lowest BCUT2D eigenvalue weighted by molar-refractivity contribution is 0.247. The van der Waals surface area contributed by atoms with Gasteiger partial charge in [0.2, 0.25) is 0 Å². The molecule has 0 radical (unpaired) electrons. The topological polar surface area (TPSA) is 3.24 Å². The molecule has 1 aliphatic carbocycles. The first-order valence-corrected chi connectivity index (χ1v) is 6.83. The fraction of sp³-hybridized carbons (Fsp3) is 1.00. The van der Waals surface area contributed by atoms with Crippen LogP contribution in [0.15, 0.2) is 0 Å². The molecule has 0 N–H and O–H groups in total. The summed E-state index contributed by atoms with van der Waals surface area (Å²) < 4.78 is 0. The van der Waals surface area contributed by atoms with Crippen LogP contribution in [0.1, 0.15) is 39.5 Å². The molecule has 1 saturated heterocycles. The Bertz CT molecular complexity index is 244. The van der Waals surface area contributed by atoms with Crippen molar-refractivity contribution in [1.82, 2.24) is 4.90 Å². The summed E-state index contributed by atoms with van der Waals surface area (Å²) in [5, 5.41) is 1.03. The molecular formula is C12H24BNS. The average molecular weight is 225 g/mol. The molecule has 0 bridgehead atoms. The Morgan fingerprint density at radius 2 is 2.07 bits per heavy atom. The van der Waals surface area contributed by atoms with Crippen molar-refractivity contribution in [2.24, 2.45) is 11.8 Å². The van der Waals surface area contributed by atoms with Crippen LogP contribution in [0.25, 0.3) is 0 Å². The third kappa shape index (κ3) is 2.10. The van der Waals surface area contributed by atoms with Gasteiger partial charge in [-0.15, -0.1) is 0 Å². The molecule has 1 nitrogen and oxygen atoms in total. The van der Waals surface area contributed by atoms with Crippen molar-refractivity contribution in [3.8, 4) is 0 Å². The van der Waals surface area contributed by atoms with Gasteiger partial charge >= 0.3 is 0 Å². The summed E-state index contributed by atoms with van der Waals surface area (Å²) in [6.07, 6.45) is 5.45. The maximum Gasteiger partial charge on any atom is 0.109 e. The van der Waals surface area contributed by atoms with E-state index < -0.39 is 0 Å². The highest BCUT2D eigenvalue weighted by Gasteiger charge is 2.43. The SMILES string of the molecule is BC1(C)CC2CC(S)N(C)C2CCC1C. The van der Waals surface area contributed by atoms with Crippen LogP contribution in [-0.4, -0.2) is 31.2 Å². The first-order chi connectivity index (χ1) is 6.92. The van der Waals surface area contributed by atoms with Gasteiger partial charge in [0.1, 0.15) is 7.85 Å². The van der Waals surface area contributed by atoms with Crippen LogP contribution >= 0.6 is 12.6 Å². The third-order valence-corrected chi connectivity index (χ3v) is 5.64. The highest BCUT2D eigenvalue weighted by molar-refractivity contribution is 7.80. The summed E-state index contributed by atoms with van der Waals surface area (Å²) >= 11 is 4.68. The number of fused-ring (bicyclic) bond motifs is 1. The van der Waals surface area contributed by atoms with E-state index >= 15 is 0 Å². The molecule has 1 heterocycles. The van der Waals surface area contributed by atoms with Crippen LogP contribution in [0.2, 0.25) is 5.31 Å². The minimum atomic E-state index is 0.504. The molecule has 0 aromatic carbocycles. The predicted octanol–water partition coefficient (Wildman–Crippen LogP) is 2.19. The van der Waals surface area contributed by atoms with Gasteiger partial charge in [-0.05, 0) is 38.1 Å². The highest BCUT2D eigenvalue weighted by atomic mass is 32.1. The van der Waals surface area contributed by atoms with Crippen LogP contribution in [0.4, 0.5) is 0 Å². The van der Waals surface area contributed by atoms with Gasteiger partial charge in [0.15, 0.2) is 0 Å². The summed E-state index contributed by atoms with van der Waals surface area (Å²) in [5.41, 5.74) is 0. The number of nitrogens with zero attached hydrogens (tertiary/aromatic N) is 1. The first kappa shape index (κ1) is 11.8. The largest absolute Gasteiger partial charge is 0.291 e. The van der Waals surface area contributed by atoms with Crippen molar-refractivity contribution in [2.75, 3.05) is 7.05 Å². The fourth-order valence-electron chi connectivity index (χ4n) is 3.49. The van der Waals surface area contributed by atoms with Gasteiger partial charge in [0.25, 0.3) is 0 Å². The van der Waals surface area contributed by atoms with Crippen molar-refractivity contribution >= 4 is 20.5 Å². The molecule has 2 rings (SSSR count). The number of rotatable bonds is 0. The minimum absolute atomic E-state index is 0.504. The van der Waals surface area contributed by atoms with Gasteiger partial charge in [-0.3, -0.25) is 4.90 Å². The van der Waals surface area contributed by atoms with E-state index in [1.54, 1.807) is 0 Å². The van der Waals surface area contributed by atoms with E-state index in [2.05, 4.69) is 46.3 Å². The van der Waals surface area contributed by atoms with E-state index in [9.17, 15) is 0 Å². The van der Waals surface area contributed by atoms with Gasteiger partial charge in [-0.1, -0.05) is 25.6 Å². The summed E-state index contributed by atoms with van der Waals surface area (Å²) in [4.78, 5) is 2.50. The van der Waals surface area contributed by atoms with Crippen LogP contribution < -0.4 is 0 Å². The fourth-order valence-corrected chi connectivity index (χ4v) is 3.94. The Kier molecular flexibility index (Phi) is 3.15. The van der Waals surface area contributed by atoms with E-state index in [0.29, 0.717) is 10.7 Å². The highest BCUT2D eigenvalue weighted by Crippen LogP contribution is 2.50. The van der Waals surface area contributed by atoms with E-state index in [-0.39, 0.29) is 0 Å². The van der Waals surface area contributed by atoms with Crippen LogP contribution in [0.5, 0.6) is 0 Å². The summed E-state index contributed by atoms with van der Waals surface area (Å²) in [6.45, 7) is 4.88. The van der Waals surface area contributed by atoms with E-state index in [4.69, 9.17) is 0 Å². The Balaban J connectivity index is 2.15. The zero-order valence-electron chi connectivity index (χ0n) is 10.5. The second-order valence-electron chi connectivity index (χ2n) is 6.38. The molecule has 0 aromatic rings. The molecule has 3 heteroatoms. The van der Waals surface area contributed by atoms with Crippen molar-refractivity contribution in [2.45, 2.75) is 56.3 Å². The Hall–Kier alpha value is 0.375. The molecule has 1 saturated carbocycles. The molecule has 5 atom stereocenters. The van der Waals surface area contributed by atoms with Crippen molar-refractivity contribution < 1.29 is 0 Å². The Morgan fingerprint density at radius 3 is 2.73 bits per heavy atom. The van der Waals surface area contributed by atoms with Gasteiger partial charge in [0.05, 0.1) is 5.37 Å². The smallest absolute Gasteiger partial charge is 0.109 e. The molecule has 1 aliphatic heterocycles. The quantitative estimate of drug-likeness (QED) is 0.488. The summed E-state index contributed by atoms with van der Waals surface area (Å²) in [6, 6.07) is 0.803. The molecular weight excluding hydrogens is 201 g/mol. The molecule has 2 fully saturated rings. The number of hydrogen-bond acceptors (Lipinski definition) is 2. The maximum absolute atomic E-state index is 4.68. The van der Waals surface area contributed by atoms with Crippen molar-refractivity contribution in [1.29, 1.82) is 0 Å². The molecule has 0 spiro atoms. The standard InChI is InChI=1S/C12H24BNS/c1-8-4-5-10-9(7-12(8,2)13)6-11(15)14(10)3/h8-11,15H,4-7,13H2,1-3H3. The van der Waals surface area contributed by atoms with E-state index in [0.717, 1.165) is 17.9 Å². The van der Waals surface area contributed by atoms with Crippen LogP contribution in [0, 0.1) is 11.8 Å². The van der Waals surface area contributed by atoms with Crippen molar-refractivity contribution in [3.05, 3.63) is 0 Å². The van der Waals surface area contributed by atoms with Gasteiger partial charge < -0.3 is 0 Å². The van der Waals surface area contributed by atoms with Crippen LogP contribution in [-0.2, 0) is 0 Å². The molecule has 2 aliphatic rings. The molecule has 15 heavy (non-hydrogen) atoms.